The van der Waals surface area contributed by atoms with Crippen LogP contribution >= 0.6 is 11.8 Å². The van der Waals surface area contributed by atoms with Gasteiger partial charge in [-0.2, -0.15) is 11.8 Å². The highest BCUT2D eigenvalue weighted by Gasteiger charge is 2.10. The van der Waals surface area contributed by atoms with E-state index < -0.39 is 0 Å². The summed E-state index contributed by atoms with van der Waals surface area (Å²) < 4.78 is 2.22. The maximum Gasteiger partial charge on any atom is 0.0946 e. The van der Waals surface area contributed by atoms with Crippen LogP contribution in [-0.2, 0) is 13.0 Å². The molecule has 1 aromatic heterocycles. The summed E-state index contributed by atoms with van der Waals surface area (Å²) in [5, 5.41) is 0.677. The van der Waals surface area contributed by atoms with Crippen LogP contribution in [0.2, 0.25) is 0 Å². The molecule has 0 radical (unpaired) electrons. The number of unbranched alkanes of at least 4 members (excludes halogenated alkanes) is 3. The van der Waals surface area contributed by atoms with Crippen molar-refractivity contribution in [2.45, 2.75) is 57.2 Å². The second-order valence-electron chi connectivity index (χ2n) is 5.84. The summed E-state index contributed by atoms with van der Waals surface area (Å²) in [5.74, 6) is 1.29. The Kier molecular flexibility index (Phi) is 8.18. The molecule has 0 bridgehead atoms. The maximum atomic E-state index is 4.17. The SMILES string of the molecule is CCCCCCSC(CCc1ccccc1)Cn1ccnc1. The quantitative estimate of drug-likeness (QED) is 0.530. The Labute approximate surface area is 139 Å². The van der Waals surface area contributed by atoms with Crippen LogP contribution in [0.15, 0.2) is 49.1 Å². The number of aromatic nitrogens is 2. The molecule has 1 atom stereocenters. The Balaban J connectivity index is 1.78. The van der Waals surface area contributed by atoms with Crippen molar-refractivity contribution in [3.05, 3.63) is 54.6 Å². The lowest BCUT2D eigenvalue weighted by molar-refractivity contribution is 0.622. The molecule has 0 saturated heterocycles. The molecule has 120 valence electrons. The summed E-state index contributed by atoms with van der Waals surface area (Å²) in [7, 11) is 0. The highest BCUT2D eigenvalue weighted by Crippen LogP contribution is 2.21. The van der Waals surface area contributed by atoms with Crippen LogP contribution in [0, 0.1) is 0 Å². The Morgan fingerprint density at radius 2 is 2.00 bits per heavy atom. The molecule has 3 heteroatoms. The monoisotopic (exact) mass is 316 g/mol. The van der Waals surface area contributed by atoms with Crippen molar-refractivity contribution < 1.29 is 0 Å². The van der Waals surface area contributed by atoms with Gasteiger partial charge in [0.15, 0.2) is 0 Å². The predicted octanol–water partition coefficient (Wildman–Crippen LogP) is 5.20. The molecule has 0 fully saturated rings. The molecule has 0 amide bonds. The first kappa shape index (κ1) is 17.1. The first-order chi connectivity index (χ1) is 10.9. The predicted molar refractivity (Wildman–Crippen MR) is 97.4 cm³/mol. The summed E-state index contributed by atoms with van der Waals surface area (Å²) in [6.45, 7) is 3.35. The lowest BCUT2D eigenvalue weighted by Gasteiger charge is -2.17. The van der Waals surface area contributed by atoms with Crippen LogP contribution in [0.1, 0.15) is 44.6 Å². The van der Waals surface area contributed by atoms with Crippen molar-refractivity contribution in [3.8, 4) is 0 Å². The summed E-state index contributed by atoms with van der Waals surface area (Å²) in [4.78, 5) is 4.17. The molecular formula is C19H28N2S. The van der Waals surface area contributed by atoms with Gasteiger partial charge in [0.05, 0.1) is 6.33 Å². The lowest BCUT2D eigenvalue weighted by Crippen LogP contribution is -2.14. The van der Waals surface area contributed by atoms with Crippen LogP contribution in [0.5, 0.6) is 0 Å². The van der Waals surface area contributed by atoms with Crippen LogP contribution in [0.4, 0.5) is 0 Å². The van der Waals surface area contributed by atoms with Gasteiger partial charge in [-0.1, -0.05) is 56.5 Å². The molecule has 0 spiro atoms. The normalized spacial score (nSPS) is 12.4. The van der Waals surface area contributed by atoms with Crippen molar-refractivity contribution in [3.63, 3.8) is 0 Å². The van der Waals surface area contributed by atoms with Crippen molar-refractivity contribution in [1.29, 1.82) is 0 Å². The molecule has 2 nitrogen and oxygen atoms in total. The van der Waals surface area contributed by atoms with Gasteiger partial charge >= 0.3 is 0 Å². The largest absolute Gasteiger partial charge is 0.336 e. The van der Waals surface area contributed by atoms with E-state index >= 15 is 0 Å². The average Bonchev–Trinajstić information content (AvgIpc) is 3.06. The zero-order chi connectivity index (χ0) is 15.5. The molecule has 2 aromatic rings. The number of nitrogens with zero attached hydrogens (tertiary/aromatic N) is 2. The summed E-state index contributed by atoms with van der Waals surface area (Å²) >= 11 is 2.14. The molecule has 22 heavy (non-hydrogen) atoms. The van der Waals surface area contributed by atoms with Gasteiger partial charge < -0.3 is 4.57 Å². The maximum absolute atomic E-state index is 4.17. The Morgan fingerprint density at radius 3 is 2.73 bits per heavy atom. The lowest BCUT2D eigenvalue weighted by atomic mass is 10.1. The van der Waals surface area contributed by atoms with Gasteiger partial charge in [-0.3, -0.25) is 0 Å². The molecule has 1 aromatic carbocycles. The van der Waals surface area contributed by atoms with Gasteiger partial charge in [0.25, 0.3) is 0 Å². The first-order valence-electron chi connectivity index (χ1n) is 8.49. The third-order valence-electron chi connectivity index (χ3n) is 3.92. The van der Waals surface area contributed by atoms with E-state index in [2.05, 4.69) is 64.8 Å². The van der Waals surface area contributed by atoms with Crippen molar-refractivity contribution in [2.24, 2.45) is 0 Å². The van der Waals surface area contributed by atoms with Crippen molar-refractivity contribution in [1.82, 2.24) is 9.55 Å². The van der Waals surface area contributed by atoms with Gasteiger partial charge in [0.2, 0.25) is 0 Å². The van der Waals surface area contributed by atoms with Gasteiger partial charge in [0, 0.05) is 24.2 Å². The van der Waals surface area contributed by atoms with Crippen molar-refractivity contribution in [2.75, 3.05) is 5.75 Å². The van der Waals surface area contributed by atoms with E-state index in [9.17, 15) is 0 Å². The number of hydrogen-bond donors (Lipinski definition) is 0. The summed E-state index contributed by atoms with van der Waals surface area (Å²) in [6.07, 6.45) is 13.7. The zero-order valence-corrected chi connectivity index (χ0v) is 14.5. The smallest absolute Gasteiger partial charge is 0.0946 e. The first-order valence-corrected chi connectivity index (χ1v) is 9.54. The molecule has 2 rings (SSSR count). The third-order valence-corrected chi connectivity index (χ3v) is 5.30. The standard InChI is InChI=1S/C19H28N2S/c1-2-3-4-8-15-22-19(16-21-14-13-20-17-21)12-11-18-9-6-5-7-10-18/h5-7,9-10,13-14,17,19H,2-4,8,11-12,15-16H2,1H3. The number of imidazole rings is 1. The fourth-order valence-electron chi connectivity index (χ4n) is 2.61. The second-order valence-corrected chi connectivity index (χ2v) is 7.25. The van der Waals surface area contributed by atoms with Gasteiger partial charge in [0.1, 0.15) is 0 Å². The average molecular weight is 317 g/mol. The van der Waals surface area contributed by atoms with E-state index in [1.54, 1.807) is 0 Å². The van der Waals surface area contributed by atoms with Crippen molar-refractivity contribution >= 4 is 11.8 Å². The van der Waals surface area contributed by atoms with Gasteiger partial charge in [-0.05, 0) is 30.6 Å². The van der Waals surface area contributed by atoms with Crippen LogP contribution < -0.4 is 0 Å². The minimum absolute atomic E-state index is 0.677. The molecule has 1 heterocycles. The summed E-state index contributed by atoms with van der Waals surface area (Å²) in [6, 6.07) is 10.8. The highest BCUT2D eigenvalue weighted by molar-refractivity contribution is 7.99. The fourth-order valence-corrected chi connectivity index (χ4v) is 3.87. The minimum atomic E-state index is 0.677. The van der Waals surface area contributed by atoms with E-state index in [0.717, 1.165) is 6.54 Å². The Bertz CT molecular complexity index is 481. The summed E-state index contributed by atoms with van der Waals surface area (Å²) in [5.41, 5.74) is 1.45. The number of benzene rings is 1. The van der Waals surface area contributed by atoms with E-state index in [0.29, 0.717) is 5.25 Å². The van der Waals surface area contributed by atoms with E-state index in [1.807, 2.05) is 12.5 Å². The van der Waals surface area contributed by atoms with E-state index in [-0.39, 0.29) is 0 Å². The van der Waals surface area contributed by atoms with E-state index in [4.69, 9.17) is 0 Å². The number of thioether (sulfide) groups is 1. The molecular weight excluding hydrogens is 288 g/mol. The Morgan fingerprint density at radius 1 is 1.14 bits per heavy atom. The van der Waals surface area contributed by atoms with Crippen LogP contribution in [0.25, 0.3) is 0 Å². The van der Waals surface area contributed by atoms with Gasteiger partial charge in [-0.15, -0.1) is 0 Å². The second kappa shape index (κ2) is 10.5. The highest BCUT2D eigenvalue weighted by atomic mass is 32.2. The Hall–Kier alpha value is -1.22. The minimum Gasteiger partial charge on any atom is -0.336 e. The number of hydrogen-bond acceptors (Lipinski definition) is 2. The molecule has 0 N–H and O–H groups in total. The van der Waals surface area contributed by atoms with Crippen LogP contribution in [0.3, 0.4) is 0 Å². The molecule has 0 aliphatic heterocycles. The zero-order valence-electron chi connectivity index (χ0n) is 13.7. The number of rotatable bonds is 11. The molecule has 0 aliphatic carbocycles. The fraction of sp³-hybridized carbons (Fsp3) is 0.526. The number of aryl methyl sites for hydroxylation is 1. The molecule has 0 aliphatic rings. The van der Waals surface area contributed by atoms with E-state index in [1.165, 1.54) is 49.8 Å². The third kappa shape index (κ3) is 6.69. The van der Waals surface area contributed by atoms with Gasteiger partial charge in [-0.25, -0.2) is 4.98 Å². The molecule has 0 saturated carbocycles. The van der Waals surface area contributed by atoms with Crippen LogP contribution in [-0.4, -0.2) is 20.6 Å². The topological polar surface area (TPSA) is 17.8 Å². The molecule has 1 unspecified atom stereocenters.